The molecule has 7 heteroatoms. The first-order valence-corrected chi connectivity index (χ1v) is 7.28. The van der Waals surface area contributed by atoms with E-state index >= 15 is 0 Å². The van der Waals surface area contributed by atoms with Crippen molar-refractivity contribution in [1.29, 1.82) is 0 Å². The maximum atomic E-state index is 12.9. The summed E-state index contributed by atoms with van der Waals surface area (Å²) in [5.74, 6) is -1.33. The number of hydrogen-bond donors (Lipinski definition) is 2. The highest BCUT2D eigenvalue weighted by Crippen LogP contribution is 2.35. The zero-order chi connectivity index (χ0) is 17.8. The third-order valence-electron chi connectivity index (χ3n) is 3.61. The number of carbonyl (C=O) groups excluding carboxylic acids is 2. The van der Waals surface area contributed by atoms with Gasteiger partial charge in [0.25, 0.3) is 0 Å². The molecule has 0 saturated heterocycles. The van der Waals surface area contributed by atoms with Crippen LogP contribution in [0.25, 0.3) is 0 Å². The van der Waals surface area contributed by atoms with E-state index < -0.39 is 29.0 Å². The SMILES string of the molecule is CCC(C)NC(=O)C(C)(C)C(=O)Nc1ccccc1C(F)(F)F. The first-order valence-electron chi connectivity index (χ1n) is 7.28. The monoisotopic (exact) mass is 330 g/mol. The minimum Gasteiger partial charge on any atom is -0.353 e. The van der Waals surface area contributed by atoms with Gasteiger partial charge < -0.3 is 10.6 Å². The van der Waals surface area contributed by atoms with Crippen LogP contribution in [-0.2, 0) is 15.8 Å². The molecule has 0 aliphatic rings. The molecule has 2 amide bonds. The topological polar surface area (TPSA) is 58.2 Å². The second-order valence-corrected chi connectivity index (χ2v) is 5.91. The van der Waals surface area contributed by atoms with Gasteiger partial charge in [-0.25, -0.2) is 0 Å². The van der Waals surface area contributed by atoms with E-state index in [2.05, 4.69) is 10.6 Å². The molecule has 0 saturated carbocycles. The van der Waals surface area contributed by atoms with Gasteiger partial charge in [0.1, 0.15) is 5.41 Å². The molecule has 1 atom stereocenters. The summed E-state index contributed by atoms with van der Waals surface area (Å²) in [5, 5.41) is 4.87. The molecule has 0 radical (unpaired) electrons. The highest BCUT2D eigenvalue weighted by molar-refractivity contribution is 6.10. The quantitative estimate of drug-likeness (QED) is 0.811. The van der Waals surface area contributed by atoms with Crippen molar-refractivity contribution in [2.24, 2.45) is 5.41 Å². The van der Waals surface area contributed by atoms with Crippen LogP contribution in [0.4, 0.5) is 18.9 Å². The lowest BCUT2D eigenvalue weighted by Gasteiger charge is -2.25. The van der Waals surface area contributed by atoms with E-state index in [0.717, 1.165) is 12.1 Å². The van der Waals surface area contributed by atoms with Crippen LogP contribution in [0, 0.1) is 5.41 Å². The van der Waals surface area contributed by atoms with Crippen LogP contribution in [-0.4, -0.2) is 17.9 Å². The summed E-state index contributed by atoms with van der Waals surface area (Å²) >= 11 is 0. The number of alkyl halides is 3. The lowest BCUT2D eigenvalue weighted by atomic mass is 9.90. The molecule has 0 heterocycles. The van der Waals surface area contributed by atoms with Crippen molar-refractivity contribution < 1.29 is 22.8 Å². The first kappa shape index (κ1) is 19.0. The molecule has 0 spiro atoms. The third kappa shape index (κ3) is 4.71. The average Bonchev–Trinajstić information content (AvgIpc) is 2.46. The number of anilines is 1. The fraction of sp³-hybridized carbons (Fsp3) is 0.500. The van der Waals surface area contributed by atoms with E-state index in [4.69, 9.17) is 0 Å². The molecule has 1 aromatic rings. The number of amides is 2. The molecule has 23 heavy (non-hydrogen) atoms. The van der Waals surface area contributed by atoms with Gasteiger partial charge in [0.05, 0.1) is 11.3 Å². The summed E-state index contributed by atoms with van der Waals surface area (Å²) in [7, 11) is 0. The van der Waals surface area contributed by atoms with Crippen molar-refractivity contribution >= 4 is 17.5 Å². The van der Waals surface area contributed by atoms with Crippen molar-refractivity contribution in [3.8, 4) is 0 Å². The number of para-hydroxylation sites is 1. The van der Waals surface area contributed by atoms with Gasteiger partial charge >= 0.3 is 6.18 Å². The van der Waals surface area contributed by atoms with Gasteiger partial charge in [0, 0.05) is 6.04 Å². The normalized spacial score (nSPS) is 13.3. The number of nitrogens with one attached hydrogen (secondary N) is 2. The molecule has 1 aromatic carbocycles. The van der Waals surface area contributed by atoms with Gasteiger partial charge in [0.15, 0.2) is 0 Å². The predicted molar refractivity (Wildman–Crippen MR) is 81.8 cm³/mol. The second-order valence-electron chi connectivity index (χ2n) is 5.91. The van der Waals surface area contributed by atoms with Crippen molar-refractivity contribution in [1.82, 2.24) is 5.32 Å². The highest BCUT2D eigenvalue weighted by Gasteiger charge is 2.39. The zero-order valence-corrected chi connectivity index (χ0v) is 13.5. The largest absolute Gasteiger partial charge is 0.418 e. The molecule has 4 nitrogen and oxygen atoms in total. The lowest BCUT2D eigenvalue weighted by molar-refractivity contribution is -0.138. The molecule has 0 aliphatic heterocycles. The lowest BCUT2D eigenvalue weighted by Crippen LogP contribution is -2.47. The van der Waals surface area contributed by atoms with Gasteiger partial charge in [-0.2, -0.15) is 13.2 Å². The van der Waals surface area contributed by atoms with Crippen LogP contribution in [0.2, 0.25) is 0 Å². The summed E-state index contributed by atoms with van der Waals surface area (Å²) in [6.07, 6.45) is -3.91. The van der Waals surface area contributed by atoms with E-state index in [-0.39, 0.29) is 11.7 Å². The Morgan fingerprint density at radius 3 is 2.22 bits per heavy atom. The van der Waals surface area contributed by atoms with Gasteiger partial charge in [-0.15, -0.1) is 0 Å². The molecule has 128 valence electrons. The van der Waals surface area contributed by atoms with E-state index in [1.807, 2.05) is 6.92 Å². The van der Waals surface area contributed by atoms with Crippen molar-refractivity contribution in [2.75, 3.05) is 5.32 Å². The zero-order valence-electron chi connectivity index (χ0n) is 13.5. The summed E-state index contributed by atoms with van der Waals surface area (Å²) < 4.78 is 38.8. The Balaban J connectivity index is 2.97. The second kappa shape index (κ2) is 7.02. The van der Waals surface area contributed by atoms with E-state index in [1.165, 1.54) is 26.0 Å². The van der Waals surface area contributed by atoms with Gasteiger partial charge in [0.2, 0.25) is 11.8 Å². The molecule has 2 N–H and O–H groups in total. The Hall–Kier alpha value is -2.05. The minimum absolute atomic E-state index is 0.128. The average molecular weight is 330 g/mol. The first-order chi connectivity index (χ1) is 10.5. The van der Waals surface area contributed by atoms with Crippen LogP contribution < -0.4 is 10.6 Å². The summed E-state index contributed by atoms with van der Waals surface area (Å²) in [5.41, 5.74) is -2.82. The predicted octanol–water partition coefficient (Wildman–Crippen LogP) is 3.58. The van der Waals surface area contributed by atoms with E-state index in [9.17, 15) is 22.8 Å². The summed E-state index contributed by atoms with van der Waals surface area (Å²) in [4.78, 5) is 24.4. The van der Waals surface area contributed by atoms with Crippen LogP contribution in [0.3, 0.4) is 0 Å². The highest BCUT2D eigenvalue weighted by atomic mass is 19.4. The summed E-state index contributed by atoms with van der Waals surface area (Å²) in [6.45, 7) is 6.40. The number of halogens is 3. The van der Waals surface area contributed by atoms with Crippen molar-refractivity contribution in [3.05, 3.63) is 29.8 Å². The standard InChI is InChI=1S/C16H21F3N2O2/c1-5-10(2)20-13(22)15(3,4)14(23)21-12-9-7-6-8-11(12)16(17,18)19/h6-10H,5H2,1-4H3,(H,20,22)(H,21,23). The van der Waals surface area contributed by atoms with E-state index in [1.54, 1.807) is 6.92 Å². The van der Waals surface area contributed by atoms with Gasteiger partial charge in [-0.3, -0.25) is 9.59 Å². The number of carbonyl (C=O) groups is 2. The van der Waals surface area contributed by atoms with Gasteiger partial charge in [-0.1, -0.05) is 19.1 Å². The van der Waals surface area contributed by atoms with Gasteiger partial charge in [-0.05, 0) is 39.3 Å². The molecule has 0 fully saturated rings. The smallest absolute Gasteiger partial charge is 0.353 e. The number of benzene rings is 1. The van der Waals surface area contributed by atoms with Crippen molar-refractivity contribution in [3.63, 3.8) is 0 Å². The van der Waals surface area contributed by atoms with Crippen LogP contribution >= 0.6 is 0 Å². The summed E-state index contributed by atoms with van der Waals surface area (Å²) in [6, 6.07) is 4.53. The van der Waals surface area contributed by atoms with Crippen molar-refractivity contribution in [2.45, 2.75) is 46.3 Å². The van der Waals surface area contributed by atoms with Crippen LogP contribution in [0.15, 0.2) is 24.3 Å². The van der Waals surface area contributed by atoms with Crippen LogP contribution in [0.5, 0.6) is 0 Å². The third-order valence-corrected chi connectivity index (χ3v) is 3.61. The van der Waals surface area contributed by atoms with E-state index in [0.29, 0.717) is 6.42 Å². The molecule has 1 unspecified atom stereocenters. The Morgan fingerprint density at radius 2 is 1.70 bits per heavy atom. The Morgan fingerprint density at radius 1 is 1.13 bits per heavy atom. The number of rotatable bonds is 5. The molecular weight excluding hydrogens is 309 g/mol. The maximum absolute atomic E-state index is 12.9. The van der Waals surface area contributed by atoms with Crippen LogP contribution in [0.1, 0.15) is 39.7 Å². The Kier molecular flexibility index (Phi) is 5.80. The Bertz CT molecular complexity index is 583. The molecule has 0 aliphatic carbocycles. The number of hydrogen-bond acceptors (Lipinski definition) is 2. The molecular formula is C16H21F3N2O2. The molecule has 0 bridgehead atoms. The molecule has 0 aromatic heterocycles. The fourth-order valence-corrected chi connectivity index (χ4v) is 1.73. The minimum atomic E-state index is -4.59. The molecule has 1 rings (SSSR count). The fourth-order valence-electron chi connectivity index (χ4n) is 1.73. The maximum Gasteiger partial charge on any atom is 0.418 e. The Labute approximate surface area is 133 Å².